The monoisotopic (exact) mass is 260 g/mol. The van der Waals surface area contributed by atoms with E-state index in [-0.39, 0.29) is 11.8 Å². The molecule has 4 nitrogen and oxygen atoms in total. The second-order valence-corrected chi connectivity index (χ2v) is 5.24. The molecule has 0 aromatic heterocycles. The number of anilines is 1. The van der Waals surface area contributed by atoms with Crippen molar-refractivity contribution in [2.24, 2.45) is 0 Å². The number of fused-ring (bicyclic) bond motifs is 1. The van der Waals surface area contributed by atoms with Gasteiger partial charge in [0.05, 0.1) is 12.0 Å². The van der Waals surface area contributed by atoms with Crippen LogP contribution in [-0.4, -0.2) is 31.7 Å². The first-order valence-corrected chi connectivity index (χ1v) is 7.07. The largest absolute Gasteiger partial charge is 0.384 e. The summed E-state index contributed by atoms with van der Waals surface area (Å²) < 4.78 is 5.55. The summed E-state index contributed by atoms with van der Waals surface area (Å²) in [4.78, 5) is 12.2. The van der Waals surface area contributed by atoms with Crippen molar-refractivity contribution >= 4 is 11.6 Å². The summed E-state index contributed by atoms with van der Waals surface area (Å²) in [5, 5.41) is 6.31. The van der Waals surface area contributed by atoms with Gasteiger partial charge in [0, 0.05) is 25.4 Å². The molecule has 3 rings (SSSR count). The van der Waals surface area contributed by atoms with E-state index in [9.17, 15) is 4.79 Å². The highest BCUT2D eigenvalue weighted by Crippen LogP contribution is 2.30. The molecule has 2 heterocycles. The number of hydrogen-bond donors (Lipinski definition) is 2. The molecule has 1 saturated heterocycles. The van der Waals surface area contributed by atoms with Crippen molar-refractivity contribution in [3.8, 4) is 0 Å². The number of amides is 1. The zero-order valence-electron chi connectivity index (χ0n) is 11.0. The van der Waals surface area contributed by atoms with E-state index in [2.05, 4.69) is 10.6 Å². The molecule has 2 aliphatic rings. The van der Waals surface area contributed by atoms with Crippen LogP contribution in [0.15, 0.2) is 24.3 Å². The maximum Gasteiger partial charge on any atom is 0.229 e. The molecule has 2 unspecified atom stereocenters. The predicted molar refractivity (Wildman–Crippen MR) is 74.3 cm³/mol. The summed E-state index contributed by atoms with van der Waals surface area (Å²) in [6.07, 6.45) is 3.55. The molecule has 2 N–H and O–H groups in total. The Labute approximate surface area is 113 Å². The molecule has 0 aliphatic carbocycles. The minimum Gasteiger partial charge on any atom is -0.384 e. The van der Waals surface area contributed by atoms with Crippen molar-refractivity contribution < 1.29 is 9.53 Å². The Morgan fingerprint density at radius 3 is 3.16 bits per heavy atom. The van der Waals surface area contributed by atoms with E-state index in [1.54, 1.807) is 0 Å². The van der Waals surface area contributed by atoms with Crippen LogP contribution in [0.2, 0.25) is 0 Å². The molecule has 102 valence electrons. The van der Waals surface area contributed by atoms with Crippen LogP contribution in [0.25, 0.3) is 0 Å². The van der Waals surface area contributed by atoms with Gasteiger partial charge in [-0.25, -0.2) is 0 Å². The first-order valence-electron chi connectivity index (χ1n) is 7.07. The van der Waals surface area contributed by atoms with Gasteiger partial charge in [-0.05, 0) is 30.9 Å². The number of para-hydroxylation sites is 1. The normalized spacial score (nSPS) is 24.8. The first-order chi connectivity index (χ1) is 9.34. The van der Waals surface area contributed by atoms with Crippen molar-refractivity contribution in [3.05, 3.63) is 29.8 Å². The molecule has 1 fully saturated rings. The molecule has 19 heavy (non-hydrogen) atoms. The predicted octanol–water partition coefficient (Wildman–Crippen LogP) is 1.88. The van der Waals surface area contributed by atoms with E-state index in [0.29, 0.717) is 19.2 Å². The van der Waals surface area contributed by atoms with E-state index >= 15 is 0 Å². The molecular weight excluding hydrogens is 240 g/mol. The van der Waals surface area contributed by atoms with Crippen LogP contribution in [0.1, 0.15) is 30.7 Å². The van der Waals surface area contributed by atoms with Crippen molar-refractivity contribution in [2.45, 2.75) is 31.3 Å². The van der Waals surface area contributed by atoms with E-state index in [4.69, 9.17) is 4.74 Å². The molecule has 0 spiro atoms. The molecular formula is C15H20N2O2. The van der Waals surface area contributed by atoms with Gasteiger partial charge in [0.1, 0.15) is 0 Å². The summed E-state index contributed by atoms with van der Waals surface area (Å²) in [5.74, 6) is 0.0659. The average molecular weight is 260 g/mol. The maximum atomic E-state index is 12.2. The van der Waals surface area contributed by atoms with Crippen LogP contribution < -0.4 is 10.6 Å². The topological polar surface area (TPSA) is 50.4 Å². The zero-order valence-corrected chi connectivity index (χ0v) is 11.0. The van der Waals surface area contributed by atoms with Crippen LogP contribution in [0.5, 0.6) is 0 Å². The van der Waals surface area contributed by atoms with Gasteiger partial charge in [0.25, 0.3) is 0 Å². The van der Waals surface area contributed by atoms with Crippen LogP contribution in [0.3, 0.4) is 0 Å². The first kappa shape index (κ1) is 12.5. The van der Waals surface area contributed by atoms with Gasteiger partial charge >= 0.3 is 0 Å². The quantitative estimate of drug-likeness (QED) is 0.869. The molecule has 4 heteroatoms. The van der Waals surface area contributed by atoms with Gasteiger partial charge in [-0.2, -0.15) is 0 Å². The molecule has 0 radical (unpaired) electrons. The van der Waals surface area contributed by atoms with Crippen LogP contribution in [-0.2, 0) is 9.53 Å². The number of hydrogen-bond acceptors (Lipinski definition) is 3. The standard InChI is InChI=1S/C15H20N2O2/c18-15(16-8-7-11-4-3-9-19-11)13-10-17-14-6-2-1-5-12(13)14/h1-2,5-6,11,13,17H,3-4,7-10H2,(H,16,18). The van der Waals surface area contributed by atoms with Crippen LogP contribution in [0, 0.1) is 0 Å². The lowest BCUT2D eigenvalue weighted by Crippen LogP contribution is -2.32. The lowest BCUT2D eigenvalue weighted by atomic mass is 10.0. The minimum atomic E-state index is -0.0549. The number of carbonyl (C=O) groups is 1. The van der Waals surface area contributed by atoms with Crippen molar-refractivity contribution in [3.63, 3.8) is 0 Å². The molecule has 1 amide bonds. The Hall–Kier alpha value is -1.55. The second-order valence-electron chi connectivity index (χ2n) is 5.24. The number of rotatable bonds is 4. The van der Waals surface area contributed by atoms with Crippen molar-refractivity contribution in [1.82, 2.24) is 5.32 Å². The summed E-state index contributed by atoms with van der Waals surface area (Å²) in [7, 11) is 0. The van der Waals surface area contributed by atoms with Crippen LogP contribution in [0.4, 0.5) is 5.69 Å². The molecule has 0 saturated carbocycles. The summed E-state index contributed by atoms with van der Waals surface area (Å²) in [5.41, 5.74) is 2.19. The average Bonchev–Trinajstić information content (AvgIpc) is 3.07. The van der Waals surface area contributed by atoms with Gasteiger partial charge in [-0.3, -0.25) is 4.79 Å². The molecule has 2 atom stereocenters. The summed E-state index contributed by atoms with van der Waals surface area (Å²) in [6.45, 7) is 2.28. The van der Waals surface area contributed by atoms with E-state index < -0.39 is 0 Å². The van der Waals surface area contributed by atoms with Gasteiger partial charge in [0.2, 0.25) is 5.91 Å². The highest BCUT2D eigenvalue weighted by Gasteiger charge is 2.27. The van der Waals surface area contributed by atoms with Gasteiger partial charge in [-0.15, -0.1) is 0 Å². The second kappa shape index (κ2) is 5.61. The molecule has 0 bridgehead atoms. The number of nitrogens with one attached hydrogen (secondary N) is 2. The third kappa shape index (κ3) is 2.73. The molecule has 2 aliphatic heterocycles. The fraction of sp³-hybridized carbons (Fsp3) is 0.533. The zero-order chi connectivity index (χ0) is 13.1. The van der Waals surface area contributed by atoms with Gasteiger partial charge in [-0.1, -0.05) is 18.2 Å². The third-order valence-electron chi connectivity index (χ3n) is 3.94. The van der Waals surface area contributed by atoms with E-state index in [1.165, 1.54) is 0 Å². The van der Waals surface area contributed by atoms with Crippen molar-refractivity contribution in [1.29, 1.82) is 0 Å². The molecule has 1 aromatic rings. The number of benzene rings is 1. The highest BCUT2D eigenvalue weighted by atomic mass is 16.5. The van der Waals surface area contributed by atoms with Crippen molar-refractivity contribution in [2.75, 3.05) is 25.0 Å². The smallest absolute Gasteiger partial charge is 0.229 e. The highest BCUT2D eigenvalue weighted by molar-refractivity contribution is 5.88. The Morgan fingerprint density at radius 1 is 1.42 bits per heavy atom. The van der Waals surface area contributed by atoms with Gasteiger partial charge < -0.3 is 15.4 Å². The summed E-state index contributed by atoms with van der Waals surface area (Å²) in [6, 6.07) is 8.02. The SMILES string of the molecule is O=C(NCCC1CCCO1)C1CNc2ccccc21. The summed E-state index contributed by atoms with van der Waals surface area (Å²) >= 11 is 0. The van der Waals surface area contributed by atoms with E-state index in [1.807, 2.05) is 24.3 Å². The fourth-order valence-electron chi connectivity index (χ4n) is 2.87. The Bertz CT molecular complexity index is 455. The lowest BCUT2D eigenvalue weighted by molar-refractivity contribution is -0.122. The van der Waals surface area contributed by atoms with Crippen LogP contribution >= 0.6 is 0 Å². The Balaban J connectivity index is 1.51. The third-order valence-corrected chi connectivity index (χ3v) is 3.94. The molecule has 1 aromatic carbocycles. The number of ether oxygens (including phenoxy) is 1. The number of carbonyl (C=O) groups excluding carboxylic acids is 1. The Kier molecular flexibility index (Phi) is 3.69. The Morgan fingerprint density at radius 2 is 2.32 bits per heavy atom. The fourth-order valence-corrected chi connectivity index (χ4v) is 2.87. The van der Waals surface area contributed by atoms with E-state index in [0.717, 1.165) is 37.1 Å². The maximum absolute atomic E-state index is 12.2. The minimum absolute atomic E-state index is 0.0549. The lowest BCUT2D eigenvalue weighted by Gasteiger charge is -2.13. The van der Waals surface area contributed by atoms with Gasteiger partial charge in [0.15, 0.2) is 0 Å².